The van der Waals surface area contributed by atoms with E-state index in [1.165, 1.54) is 11.1 Å². The Kier molecular flexibility index (Phi) is 2.08. The molecule has 0 spiro atoms. The van der Waals surface area contributed by atoms with Crippen molar-refractivity contribution < 1.29 is 0 Å². The van der Waals surface area contributed by atoms with Gasteiger partial charge >= 0.3 is 0 Å². The molecule has 0 radical (unpaired) electrons. The number of fused-ring (bicyclic) bond motifs is 1. The quantitative estimate of drug-likeness (QED) is 0.634. The van der Waals surface area contributed by atoms with Crippen LogP contribution >= 0.6 is 0 Å². The largest absolute Gasteiger partial charge is 0.317 e. The number of rotatable bonds is 1. The second-order valence-corrected chi connectivity index (χ2v) is 3.63. The average molecular weight is 171 g/mol. The highest BCUT2D eigenvalue weighted by Crippen LogP contribution is 2.27. The summed E-state index contributed by atoms with van der Waals surface area (Å²) in [6, 6.07) is 8.38. The summed E-state index contributed by atoms with van der Waals surface area (Å²) in [5.74, 6) is 3.07. The highest BCUT2D eigenvalue weighted by atomic mass is 14.6. The first-order chi connectivity index (χ1) is 6.31. The SMILES string of the molecule is C#CC(N)C1Cc2ccccc2C1. The van der Waals surface area contributed by atoms with E-state index in [1.807, 2.05) is 0 Å². The van der Waals surface area contributed by atoms with Gasteiger partial charge in [-0.1, -0.05) is 30.2 Å². The van der Waals surface area contributed by atoms with Gasteiger partial charge in [-0.3, -0.25) is 0 Å². The molecule has 13 heavy (non-hydrogen) atoms. The lowest BCUT2D eigenvalue weighted by Gasteiger charge is -2.11. The summed E-state index contributed by atoms with van der Waals surface area (Å²) in [6.45, 7) is 0. The van der Waals surface area contributed by atoms with Gasteiger partial charge in [0.25, 0.3) is 0 Å². The molecule has 1 atom stereocenters. The number of nitrogens with two attached hydrogens (primary N) is 1. The van der Waals surface area contributed by atoms with Crippen molar-refractivity contribution in [2.24, 2.45) is 11.7 Å². The molecule has 0 amide bonds. The maximum absolute atomic E-state index is 5.82. The van der Waals surface area contributed by atoms with Crippen LogP contribution in [0.25, 0.3) is 0 Å². The van der Waals surface area contributed by atoms with E-state index in [2.05, 4.69) is 30.2 Å². The van der Waals surface area contributed by atoms with Crippen LogP contribution in [0.15, 0.2) is 24.3 Å². The molecule has 0 bridgehead atoms. The summed E-state index contributed by atoms with van der Waals surface area (Å²) in [5.41, 5.74) is 8.65. The van der Waals surface area contributed by atoms with Crippen LogP contribution in [0, 0.1) is 18.3 Å². The van der Waals surface area contributed by atoms with E-state index in [-0.39, 0.29) is 6.04 Å². The van der Waals surface area contributed by atoms with Crippen LogP contribution in [0.3, 0.4) is 0 Å². The van der Waals surface area contributed by atoms with E-state index in [0.29, 0.717) is 5.92 Å². The molecule has 2 N–H and O–H groups in total. The zero-order valence-electron chi connectivity index (χ0n) is 7.53. The predicted molar refractivity (Wildman–Crippen MR) is 54.1 cm³/mol. The summed E-state index contributed by atoms with van der Waals surface area (Å²) in [6.07, 6.45) is 7.40. The van der Waals surface area contributed by atoms with E-state index >= 15 is 0 Å². The molecule has 66 valence electrons. The standard InChI is InChI=1S/C12H13N/c1-2-12(13)11-7-9-5-3-4-6-10(9)8-11/h1,3-6,11-12H,7-8,13H2. The van der Waals surface area contributed by atoms with Crippen molar-refractivity contribution in [3.05, 3.63) is 35.4 Å². The summed E-state index contributed by atoms with van der Waals surface area (Å²) >= 11 is 0. The monoisotopic (exact) mass is 171 g/mol. The van der Waals surface area contributed by atoms with E-state index in [1.54, 1.807) is 0 Å². The minimum atomic E-state index is -0.0904. The zero-order valence-corrected chi connectivity index (χ0v) is 7.53. The molecule has 2 rings (SSSR count). The lowest BCUT2D eigenvalue weighted by atomic mass is 9.98. The average Bonchev–Trinajstić information content (AvgIpc) is 2.59. The number of terminal acetylenes is 1. The Morgan fingerprint density at radius 2 is 1.85 bits per heavy atom. The van der Waals surface area contributed by atoms with E-state index < -0.39 is 0 Å². The smallest absolute Gasteiger partial charge is 0.0696 e. The Labute approximate surface area is 79.0 Å². The number of hydrogen-bond acceptors (Lipinski definition) is 1. The minimum absolute atomic E-state index is 0.0904. The Hall–Kier alpha value is -1.26. The predicted octanol–water partition coefficient (Wildman–Crippen LogP) is 1.36. The van der Waals surface area contributed by atoms with Gasteiger partial charge in [0.05, 0.1) is 6.04 Å². The molecule has 1 heteroatoms. The van der Waals surface area contributed by atoms with Crippen molar-refractivity contribution in [3.63, 3.8) is 0 Å². The third-order valence-electron chi connectivity index (χ3n) is 2.78. The summed E-state index contributed by atoms with van der Waals surface area (Å²) in [5, 5.41) is 0. The van der Waals surface area contributed by atoms with Crippen molar-refractivity contribution in [2.75, 3.05) is 0 Å². The second kappa shape index (κ2) is 3.24. The fourth-order valence-corrected chi connectivity index (χ4v) is 1.98. The lowest BCUT2D eigenvalue weighted by molar-refractivity contribution is 0.512. The van der Waals surface area contributed by atoms with Gasteiger partial charge < -0.3 is 5.73 Å². The van der Waals surface area contributed by atoms with Crippen LogP contribution in [-0.2, 0) is 12.8 Å². The third-order valence-corrected chi connectivity index (χ3v) is 2.78. The molecule has 0 heterocycles. The second-order valence-electron chi connectivity index (χ2n) is 3.63. The van der Waals surface area contributed by atoms with Gasteiger partial charge in [-0.05, 0) is 29.9 Å². The van der Waals surface area contributed by atoms with Crippen molar-refractivity contribution in [1.82, 2.24) is 0 Å². The molecule has 1 aliphatic rings. The van der Waals surface area contributed by atoms with Crippen LogP contribution < -0.4 is 5.73 Å². The molecule has 1 aliphatic carbocycles. The molecule has 0 fully saturated rings. The fourth-order valence-electron chi connectivity index (χ4n) is 1.98. The summed E-state index contributed by atoms with van der Waals surface area (Å²) in [4.78, 5) is 0. The fraction of sp³-hybridized carbons (Fsp3) is 0.333. The first-order valence-corrected chi connectivity index (χ1v) is 4.59. The number of hydrogen-bond donors (Lipinski definition) is 1. The molecule has 1 aromatic carbocycles. The molecule has 0 saturated carbocycles. The molecule has 1 unspecified atom stereocenters. The third kappa shape index (κ3) is 1.46. The van der Waals surface area contributed by atoms with Gasteiger partial charge in [0.2, 0.25) is 0 Å². The van der Waals surface area contributed by atoms with Crippen LogP contribution in [0.2, 0.25) is 0 Å². The van der Waals surface area contributed by atoms with E-state index in [0.717, 1.165) is 12.8 Å². The zero-order chi connectivity index (χ0) is 9.26. The van der Waals surface area contributed by atoms with Crippen LogP contribution in [0.4, 0.5) is 0 Å². The van der Waals surface area contributed by atoms with Gasteiger partial charge in [-0.15, -0.1) is 6.42 Å². The molecule has 1 nitrogen and oxygen atoms in total. The van der Waals surface area contributed by atoms with Crippen molar-refractivity contribution in [3.8, 4) is 12.3 Å². The molecule has 0 aromatic heterocycles. The van der Waals surface area contributed by atoms with Crippen molar-refractivity contribution in [1.29, 1.82) is 0 Å². The normalized spacial score (nSPS) is 17.8. The highest BCUT2D eigenvalue weighted by Gasteiger charge is 2.24. The van der Waals surface area contributed by atoms with E-state index in [4.69, 9.17) is 12.2 Å². The minimum Gasteiger partial charge on any atom is -0.317 e. The summed E-state index contributed by atoms with van der Waals surface area (Å²) < 4.78 is 0. The molecule has 0 aliphatic heterocycles. The van der Waals surface area contributed by atoms with Crippen LogP contribution in [0.5, 0.6) is 0 Å². The first kappa shape index (κ1) is 8.34. The Balaban J connectivity index is 2.19. The topological polar surface area (TPSA) is 26.0 Å². The van der Waals surface area contributed by atoms with Gasteiger partial charge in [0.15, 0.2) is 0 Å². The van der Waals surface area contributed by atoms with Gasteiger partial charge in [-0.25, -0.2) is 0 Å². The Bertz CT molecular complexity index is 323. The van der Waals surface area contributed by atoms with Gasteiger partial charge in [0, 0.05) is 0 Å². The molecular formula is C12H13N. The molecular weight excluding hydrogens is 158 g/mol. The Morgan fingerprint density at radius 1 is 1.31 bits per heavy atom. The van der Waals surface area contributed by atoms with E-state index in [9.17, 15) is 0 Å². The van der Waals surface area contributed by atoms with Gasteiger partial charge in [0.1, 0.15) is 0 Å². The van der Waals surface area contributed by atoms with Crippen LogP contribution in [-0.4, -0.2) is 6.04 Å². The van der Waals surface area contributed by atoms with Gasteiger partial charge in [-0.2, -0.15) is 0 Å². The maximum Gasteiger partial charge on any atom is 0.0696 e. The maximum atomic E-state index is 5.82. The summed E-state index contributed by atoms with van der Waals surface area (Å²) in [7, 11) is 0. The highest BCUT2D eigenvalue weighted by molar-refractivity contribution is 5.33. The Morgan fingerprint density at radius 3 is 2.31 bits per heavy atom. The first-order valence-electron chi connectivity index (χ1n) is 4.59. The molecule has 1 aromatic rings. The van der Waals surface area contributed by atoms with Crippen molar-refractivity contribution in [2.45, 2.75) is 18.9 Å². The molecule has 0 saturated heterocycles. The van der Waals surface area contributed by atoms with Crippen molar-refractivity contribution >= 4 is 0 Å². The van der Waals surface area contributed by atoms with Crippen LogP contribution in [0.1, 0.15) is 11.1 Å². The lowest BCUT2D eigenvalue weighted by Crippen LogP contribution is -2.28. The number of benzene rings is 1.